The Morgan fingerprint density at radius 3 is 2.48 bits per heavy atom. The van der Waals surface area contributed by atoms with Crippen LogP contribution in [0, 0.1) is 10.1 Å². The first-order valence-electron chi connectivity index (χ1n) is 10.1. The number of aliphatic hydroxyl groups is 1. The summed E-state index contributed by atoms with van der Waals surface area (Å²) in [5.41, 5.74) is 1.07. The number of nitrogens with one attached hydrogen (secondary N) is 2. The highest BCUT2D eigenvalue weighted by Crippen LogP contribution is 2.32. The van der Waals surface area contributed by atoms with E-state index in [9.17, 15) is 20.0 Å². The summed E-state index contributed by atoms with van der Waals surface area (Å²) >= 11 is 0. The van der Waals surface area contributed by atoms with E-state index in [1.54, 1.807) is 25.3 Å². The Labute approximate surface area is 180 Å². The minimum absolute atomic E-state index is 0.0399. The smallest absolute Gasteiger partial charge is 0.293 e. The largest absolute Gasteiger partial charge is 0.493 e. The van der Waals surface area contributed by atoms with E-state index < -0.39 is 10.8 Å². The van der Waals surface area contributed by atoms with Crippen LogP contribution >= 0.6 is 0 Å². The molecule has 0 saturated heterocycles. The van der Waals surface area contributed by atoms with Crippen molar-refractivity contribution >= 4 is 17.3 Å². The fourth-order valence-corrected chi connectivity index (χ4v) is 3.73. The van der Waals surface area contributed by atoms with Crippen LogP contribution in [0.15, 0.2) is 36.4 Å². The highest BCUT2D eigenvalue weighted by molar-refractivity contribution is 6.01. The Kier molecular flexibility index (Phi) is 7.30. The van der Waals surface area contributed by atoms with E-state index in [0.29, 0.717) is 37.2 Å². The molecule has 0 heterocycles. The number of aliphatic hydroxyl groups excluding tert-OH is 1. The molecule has 0 atom stereocenters. The van der Waals surface area contributed by atoms with Crippen molar-refractivity contribution in [1.29, 1.82) is 0 Å². The zero-order valence-electron chi connectivity index (χ0n) is 17.6. The average Bonchev–Trinajstić information content (AvgIpc) is 2.78. The van der Waals surface area contributed by atoms with Gasteiger partial charge in [-0.25, -0.2) is 0 Å². The van der Waals surface area contributed by atoms with Crippen LogP contribution in [0.3, 0.4) is 0 Å². The molecule has 0 spiro atoms. The number of carbonyl (C=O) groups is 1. The van der Waals surface area contributed by atoms with Gasteiger partial charge < -0.3 is 25.2 Å². The van der Waals surface area contributed by atoms with E-state index in [1.807, 2.05) is 6.07 Å². The number of hydrogen-bond acceptors (Lipinski definition) is 7. The van der Waals surface area contributed by atoms with Crippen LogP contribution in [0.2, 0.25) is 0 Å². The number of amides is 1. The molecule has 1 aliphatic carbocycles. The quantitative estimate of drug-likeness (QED) is 0.435. The van der Waals surface area contributed by atoms with E-state index in [0.717, 1.165) is 5.56 Å². The summed E-state index contributed by atoms with van der Waals surface area (Å²) in [6, 6.07) is 9.72. The van der Waals surface area contributed by atoms with Crippen molar-refractivity contribution in [3.63, 3.8) is 0 Å². The molecule has 2 aromatic carbocycles. The molecule has 0 aromatic heterocycles. The minimum Gasteiger partial charge on any atom is -0.493 e. The summed E-state index contributed by atoms with van der Waals surface area (Å²) in [5, 5.41) is 27.3. The molecule has 1 amide bonds. The number of carbonyl (C=O) groups excluding carboxylic acids is 1. The lowest BCUT2D eigenvalue weighted by Crippen LogP contribution is -2.30. The number of anilines is 1. The Morgan fingerprint density at radius 1 is 1.13 bits per heavy atom. The lowest BCUT2D eigenvalue weighted by atomic mass is 9.92. The van der Waals surface area contributed by atoms with Gasteiger partial charge in [0, 0.05) is 18.7 Å². The van der Waals surface area contributed by atoms with Gasteiger partial charge in [0.05, 0.1) is 30.8 Å². The first-order valence-corrected chi connectivity index (χ1v) is 10.1. The monoisotopic (exact) mass is 429 g/mol. The first-order chi connectivity index (χ1) is 14.9. The summed E-state index contributed by atoms with van der Waals surface area (Å²) in [6.45, 7) is 0.219. The minimum atomic E-state index is -0.495. The third kappa shape index (κ3) is 5.43. The molecule has 3 rings (SSSR count). The molecule has 0 unspecified atom stereocenters. The average molecular weight is 429 g/mol. The number of ether oxygens (including phenoxy) is 2. The maximum absolute atomic E-state index is 12.9. The van der Waals surface area contributed by atoms with Crippen LogP contribution in [0.5, 0.6) is 11.5 Å². The van der Waals surface area contributed by atoms with Gasteiger partial charge in [-0.1, -0.05) is 12.1 Å². The highest BCUT2D eigenvalue weighted by atomic mass is 16.6. The number of nitrogens with zero attached hydrogens (tertiary/aromatic N) is 1. The maximum atomic E-state index is 12.9. The Hall–Kier alpha value is -3.33. The number of methoxy groups -OCH3 is 2. The molecule has 1 saturated carbocycles. The van der Waals surface area contributed by atoms with Gasteiger partial charge in [-0.3, -0.25) is 14.9 Å². The molecule has 3 N–H and O–H groups in total. The first kappa shape index (κ1) is 22.4. The van der Waals surface area contributed by atoms with Gasteiger partial charge >= 0.3 is 0 Å². The summed E-state index contributed by atoms with van der Waals surface area (Å²) in [6.07, 6.45) is 2.27. The fourth-order valence-electron chi connectivity index (χ4n) is 3.73. The van der Waals surface area contributed by atoms with Crippen molar-refractivity contribution in [3.05, 3.63) is 57.6 Å². The van der Waals surface area contributed by atoms with Crippen molar-refractivity contribution in [2.24, 2.45) is 0 Å². The summed E-state index contributed by atoms with van der Waals surface area (Å²) in [5.74, 6) is 0.712. The Morgan fingerprint density at radius 2 is 1.84 bits per heavy atom. The van der Waals surface area contributed by atoms with Crippen LogP contribution in [0.25, 0.3) is 0 Å². The van der Waals surface area contributed by atoms with Crippen LogP contribution in [-0.2, 0) is 6.54 Å². The van der Waals surface area contributed by atoms with Crippen molar-refractivity contribution in [2.45, 2.75) is 44.4 Å². The summed E-state index contributed by atoms with van der Waals surface area (Å²) in [4.78, 5) is 24.0. The number of para-hydroxylation sites is 1. The molecule has 166 valence electrons. The predicted molar refractivity (Wildman–Crippen MR) is 116 cm³/mol. The standard InChI is InChI=1S/C22H27N3O6/c1-30-19-11-6-14(12-20(19)31-2)13-23-22(27)17-4-3-5-18(25(28)29)21(17)24-15-7-9-16(26)10-8-15/h3-6,11-12,15-16,24,26H,7-10,13H2,1-2H3,(H,23,27). The van der Waals surface area contributed by atoms with Gasteiger partial charge in [-0.15, -0.1) is 0 Å². The second-order valence-electron chi connectivity index (χ2n) is 7.48. The lowest BCUT2D eigenvalue weighted by molar-refractivity contribution is -0.384. The predicted octanol–water partition coefficient (Wildman–Crippen LogP) is 3.26. The maximum Gasteiger partial charge on any atom is 0.293 e. The Balaban J connectivity index is 1.78. The van der Waals surface area contributed by atoms with Gasteiger partial charge in [0.2, 0.25) is 0 Å². The van der Waals surface area contributed by atoms with E-state index in [4.69, 9.17) is 9.47 Å². The van der Waals surface area contributed by atoms with E-state index >= 15 is 0 Å². The SMILES string of the molecule is COc1ccc(CNC(=O)c2cccc([N+](=O)[O-])c2NC2CCC(O)CC2)cc1OC. The van der Waals surface area contributed by atoms with Gasteiger partial charge in [0.1, 0.15) is 5.69 Å². The molecule has 1 aliphatic rings. The second kappa shape index (κ2) is 10.1. The molecule has 9 nitrogen and oxygen atoms in total. The van der Waals surface area contributed by atoms with Crippen LogP contribution in [0.1, 0.15) is 41.6 Å². The van der Waals surface area contributed by atoms with Crippen LogP contribution in [0.4, 0.5) is 11.4 Å². The summed E-state index contributed by atoms with van der Waals surface area (Å²) in [7, 11) is 3.08. The molecule has 1 fully saturated rings. The zero-order chi connectivity index (χ0) is 22.4. The van der Waals surface area contributed by atoms with Crippen molar-refractivity contribution < 1.29 is 24.3 Å². The molecule has 0 radical (unpaired) electrons. The zero-order valence-corrected chi connectivity index (χ0v) is 17.6. The van der Waals surface area contributed by atoms with Gasteiger partial charge in [-0.05, 0) is 49.4 Å². The Bertz CT molecular complexity index is 941. The van der Waals surface area contributed by atoms with Crippen LogP contribution < -0.4 is 20.1 Å². The molecule has 2 aromatic rings. The molecule has 9 heteroatoms. The topological polar surface area (TPSA) is 123 Å². The fraction of sp³-hybridized carbons (Fsp3) is 0.409. The van der Waals surface area contributed by atoms with Crippen molar-refractivity contribution in [3.8, 4) is 11.5 Å². The molecular formula is C22H27N3O6. The summed E-state index contributed by atoms with van der Waals surface area (Å²) < 4.78 is 10.5. The van der Waals surface area contributed by atoms with Gasteiger partial charge in [0.25, 0.3) is 11.6 Å². The number of rotatable bonds is 8. The molecule has 0 bridgehead atoms. The van der Waals surface area contributed by atoms with Crippen molar-refractivity contribution in [2.75, 3.05) is 19.5 Å². The van der Waals surface area contributed by atoms with Crippen molar-refractivity contribution in [1.82, 2.24) is 5.32 Å². The van der Waals surface area contributed by atoms with E-state index in [-0.39, 0.29) is 35.6 Å². The third-order valence-electron chi connectivity index (χ3n) is 5.43. The highest BCUT2D eigenvalue weighted by Gasteiger charge is 2.26. The molecule has 0 aliphatic heterocycles. The van der Waals surface area contributed by atoms with Crippen LogP contribution in [-0.4, -0.2) is 42.3 Å². The number of benzene rings is 2. The number of nitro benzene ring substituents is 1. The number of nitro groups is 1. The second-order valence-corrected chi connectivity index (χ2v) is 7.48. The van der Waals surface area contributed by atoms with Gasteiger partial charge in [0.15, 0.2) is 11.5 Å². The third-order valence-corrected chi connectivity index (χ3v) is 5.43. The normalized spacial score (nSPS) is 18.2. The number of hydrogen-bond donors (Lipinski definition) is 3. The van der Waals surface area contributed by atoms with E-state index in [2.05, 4.69) is 10.6 Å². The van der Waals surface area contributed by atoms with Gasteiger partial charge in [-0.2, -0.15) is 0 Å². The molecular weight excluding hydrogens is 402 g/mol. The lowest BCUT2D eigenvalue weighted by Gasteiger charge is -2.27. The van der Waals surface area contributed by atoms with E-state index in [1.165, 1.54) is 19.2 Å². The molecule has 31 heavy (non-hydrogen) atoms.